The Balaban J connectivity index is 0.00000133. The zero-order valence-electron chi connectivity index (χ0n) is 10.5. The van der Waals surface area contributed by atoms with Crippen molar-refractivity contribution < 1.29 is 4.92 Å². The summed E-state index contributed by atoms with van der Waals surface area (Å²) in [5.41, 5.74) is 1.51. The van der Waals surface area contributed by atoms with Crippen LogP contribution in [0.4, 0.5) is 11.5 Å². The summed E-state index contributed by atoms with van der Waals surface area (Å²) in [7, 11) is 0. The van der Waals surface area contributed by atoms with Crippen LogP contribution in [-0.2, 0) is 0 Å². The molecule has 0 bridgehead atoms. The predicted molar refractivity (Wildman–Crippen MR) is 74.9 cm³/mol. The van der Waals surface area contributed by atoms with E-state index in [1.807, 2.05) is 0 Å². The molecule has 2 aliphatic heterocycles. The summed E-state index contributed by atoms with van der Waals surface area (Å²) in [5.74, 6) is -0.0876. The van der Waals surface area contributed by atoms with Crippen LogP contribution in [0.15, 0.2) is 18.3 Å². The molecular formula is C12H17ClN4O2. The molecule has 1 aromatic heterocycles. The molecule has 0 unspecified atom stereocenters. The average Bonchev–Trinajstić information content (AvgIpc) is 2.37. The van der Waals surface area contributed by atoms with Gasteiger partial charge < -0.3 is 20.3 Å². The quantitative estimate of drug-likeness (QED) is 0.660. The van der Waals surface area contributed by atoms with E-state index in [-0.39, 0.29) is 18.2 Å². The third kappa shape index (κ3) is 2.64. The highest BCUT2D eigenvalue weighted by molar-refractivity contribution is 5.85. The van der Waals surface area contributed by atoms with Gasteiger partial charge in [-0.15, -0.1) is 12.4 Å². The highest BCUT2D eigenvalue weighted by Gasteiger charge is 2.39. The smallest absolute Gasteiger partial charge is 0.363 e. The van der Waals surface area contributed by atoms with E-state index in [0.29, 0.717) is 5.41 Å². The number of hydrogen-bond donors (Lipinski definition) is 1. The molecule has 1 spiro atoms. The van der Waals surface area contributed by atoms with Crippen molar-refractivity contribution in [2.75, 3.05) is 31.1 Å². The van der Waals surface area contributed by atoms with E-state index < -0.39 is 4.92 Å². The van der Waals surface area contributed by atoms with Gasteiger partial charge in [-0.1, -0.05) is 0 Å². The monoisotopic (exact) mass is 284 g/mol. The van der Waals surface area contributed by atoms with E-state index in [0.717, 1.165) is 31.9 Å². The van der Waals surface area contributed by atoms with Gasteiger partial charge in [-0.05, 0) is 34.2 Å². The maximum atomic E-state index is 10.5. The molecule has 2 fully saturated rings. The standard InChI is InChI=1S/C12H16N4O2.ClH/c17-16(18)11-2-1-10(7-14-11)15-5-3-12(4-6-15)8-13-9-12;/h1-2,7,13H,3-6,8-9H2;1H. The molecule has 6 nitrogen and oxygen atoms in total. The summed E-state index contributed by atoms with van der Waals surface area (Å²) >= 11 is 0. The summed E-state index contributed by atoms with van der Waals surface area (Å²) in [6.07, 6.45) is 3.99. The van der Waals surface area contributed by atoms with Crippen LogP contribution in [0.3, 0.4) is 0 Å². The Bertz CT molecular complexity index is 451. The third-order valence-corrected chi connectivity index (χ3v) is 4.11. The number of anilines is 1. The molecule has 1 aromatic rings. The van der Waals surface area contributed by atoms with E-state index in [1.165, 1.54) is 18.9 Å². The number of halogens is 1. The minimum atomic E-state index is -0.463. The first-order chi connectivity index (χ1) is 8.69. The van der Waals surface area contributed by atoms with Gasteiger partial charge in [-0.2, -0.15) is 0 Å². The lowest BCUT2D eigenvalue weighted by Crippen LogP contribution is -2.58. The number of nitrogens with zero attached hydrogens (tertiary/aromatic N) is 3. The Morgan fingerprint density at radius 2 is 2.00 bits per heavy atom. The Hall–Kier alpha value is -1.40. The molecule has 3 rings (SSSR count). The highest BCUT2D eigenvalue weighted by Crippen LogP contribution is 2.36. The minimum Gasteiger partial charge on any atom is -0.368 e. The molecule has 2 saturated heterocycles. The first-order valence-corrected chi connectivity index (χ1v) is 6.25. The van der Waals surface area contributed by atoms with Crippen molar-refractivity contribution >= 4 is 23.9 Å². The van der Waals surface area contributed by atoms with Crippen LogP contribution in [-0.4, -0.2) is 36.1 Å². The normalized spacial score (nSPS) is 20.5. The third-order valence-electron chi connectivity index (χ3n) is 4.11. The number of nitro groups is 1. The Kier molecular flexibility index (Phi) is 3.91. The van der Waals surface area contributed by atoms with Crippen molar-refractivity contribution in [3.05, 3.63) is 28.4 Å². The molecule has 19 heavy (non-hydrogen) atoms. The highest BCUT2D eigenvalue weighted by atomic mass is 35.5. The molecule has 0 atom stereocenters. The molecule has 104 valence electrons. The summed E-state index contributed by atoms with van der Waals surface area (Å²) in [6, 6.07) is 3.27. The van der Waals surface area contributed by atoms with Gasteiger partial charge in [0.05, 0.1) is 5.69 Å². The van der Waals surface area contributed by atoms with E-state index in [4.69, 9.17) is 0 Å². The van der Waals surface area contributed by atoms with Crippen LogP contribution in [0.1, 0.15) is 12.8 Å². The largest absolute Gasteiger partial charge is 0.368 e. The maximum Gasteiger partial charge on any atom is 0.363 e. The van der Waals surface area contributed by atoms with Gasteiger partial charge in [0, 0.05) is 32.2 Å². The van der Waals surface area contributed by atoms with Crippen molar-refractivity contribution in [2.24, 2.45) is 5.41 Å². The van der Waals surface area contributed by atoms with Gasteiger partial charge >= 0.3 is 5.82 Å². The number of piperidine rings is 1. The lowest BCUT2D eigenvalue weighted by Gasteiger charge is -2.48. The predicted octanol–water partition coefficient (Wildman–Crippen LogP) is 1.60. The fraction of sp³-hybridized carbons (Fsp3) is 0.583. The SMILES string of the molecule is Cl.O=[N+]([O-])c1ccc(N2CCC3(CC2)CNC3)cn1. The molecule has 0 aliphatic carbocycles. The number of aromatic nitrogens is 1. The topological polar surface area (TPSA) is 71.3 Å². The van der Waals surface area contributed by atoms with Crippen molar-refractivity contribution in [3.63, 3.8) is 0 Å². The van der Waals surface area contributed by atoms with E-state index in [2.05, 4.69) is 15.2 Å². The van der Waals surface area contributed by atoms with Gasteiger partial charge in [0.1, 0.15) is 0 Å². The number of nitrogens with one attached hydrogen (secondary N) is 1. The second kappa shape index (κ2) is 5.30. The van der Waals surface area contributed by atoms with Crippen LogP contribution < -0.4 is 10.2 Å². The number of pyridine rings is 1. The summed E-state index contributed by atoms with van der Waals surface area (Å²) < 4.78 is 0. The lowest BCUT2D eigenvalue weighted by molar-refractivity contribution is -0.389. The first-order valence-electron chi connectivity index (χ1n) is 6.25. The van der Waals surface area contributed by atoms with Crippen LogP contribution >= 0.6 is 12.4 Å². The summed E-state index contributed by atoms with van der Waals surface area (Å²) in [5, 5.41) is 13.9. The molecule has 0 amide bonds. The second-order valence-electron chi connectivity index (χ2n) is 5.22. The van der Waals surface area contributed by atoms with E-state index >= 15 is 0 Å². The van der Waals surface area contributed by atoms with Crippen molar-refractivity contribution in [1.29, 1.82) is 0 Å². The summed E-state index contributed by atoms with van der Waals surface area (Å²) in [4.78, 5) is 16.2. The van der Waals surface area contributed by atoms with Crippen molar-refractivity contribution in [1.82, 2.24) is 10.3 Å². The van der Waals surface area contributed by atoms with E-state index in [1.54, 1.807) is 12.3 Å². The Morgan fingerprint density at radius 3 is 2.42 bits per heavy atom. The fourth-order valence-electron chi connectivity index (χ4n) is 2.74. The molecular weight excluding hydrogens is 268 g/mol. The zero-order chi connectivity index (χ0) is 12.6. The van der Waals surface area contributed by atoms with Crippen LogP contribution in [0, 0.1) is 15.5 Å². The van der Waals surface area contributed by atoms with Gasteiger partial charge in [0.2, 0.25) is 0 Å². The zero-order valence-corrected chi connectivity index (χ0v) is 11.4. The van der Waals surface area contributed by atoms with Gasteiger partial charge in [-0.25, -0.2) is 0 Å². The molecule has 0 aromatic carbocycles. The first kappa shape index (κ1) is 14.0. The number of hydrogen-bond acceptors (Lipinski definition) is 5. The molecule has 2 aliphatic rings. The molecule has 0 saturated carbocycles. The van der Waals surface area contributed by atoms with Crippen molar-refractivity contribution in [3.8, 4) is 0 Å². The lowest BCUT2D eigenvalue weighted by atomic mass is 9.73. The molecule has 0 radical (unpaired) electrons. The maximum absolute atomic E-state index is 10.5. The van der Waals surface area contributed by atoms with E-state index in [9.17, 15) is 10.1 Å². The van der Waals surface area contributed by atoms with Crippen LogP contribution in [0.2, 0.25) is 0 Å². The van der Waals surface area contributed by atoms with Crippen LogP contribution in [0.5, 0.6) is 0 Å². The fourth-order valence-corrected chi connectivity index (χ4v) is 2.74. The molecule has 3 heterocycles. The summed E-state index contributed by atoms with van der Waals surface area (Å²) in [6.45, 7) is 4.31. The van der Waals surface area contributed by atoms with Gasteiger partial charge in [0.25, 0.3) is 0 Å². The van der Waals surface area contributed by atoms with Gasteiger partial charge in [0.15, 0.2) is 6.20 Å². The van der Waals surface area contributed by atoms with Crippen molar-refractivity contribution in [2.45, 2.75) is 12.8 Å². The average molecular weight is 285 g/mol. The Labute approximate surface area is 117 Å². The Morgan fingerprint density at radius 1 is 1.32 bits per heavy atom. The van der Waals surface area contributed by atoms with Gasteiger partial charge in [-0.3, -0.25) is 0 Å². The minimum absolute atomic E-state index is 0. The second-order valence-corrected chi connectivity index (χ2v) is 5.22. The van der Waals surface area contributed by atoms with Crippen LogP contribution in [0.25, 0.3) is 0 Å². The number of rotatable bonds is 2. The molecule has 1 N–H and O–H groups in total. The molecule has 7 heteroatoms.